The topological polar surface area (TPSA) is 87.7 Å². The Balaban J connectivity index is 1.36. The van der Waals surface area contributed by atoms with E-state index in [0.717, 1.165) is 60.8 Å². The number of hydrogen-bond donors (Lipinski definition) is 3. The van der Waals surface area contributed by atoms with Crippen LogP contribution in [0.15, 0.2) is 61.1 Å². The second-order valence-electron chi connectivity index (χ2n) is 9.22. The monoisotopic (exact) mass is 451 g/mol. The lowest BCUT2D eigenvalue weighted by Crippen LogP contribution is -2.39. The van der Waals surface area contributed by atoms with Gasteiger partial charge in [0.05, 0.1) is 17.4 Å². The van der Waals surface area contributed by atoms with E-state index in [-0.39, 0.29) is 0 Å². The number of fused-ring (bicyclic) bond motifs is 1. The van der Waals surface area contributed by atoms with Gasteiger partial charge in [-0.05, 0) is 74.5 Å². The summed E-state index contributed by atoms with van der Waals surface area (Å²) in [6.45, 7) is 2.87. The molecule has 1 aromatic carbocycles. The molecule has 2 fully saturated rings. The fourth-order valence-corrected chi connectivity index (χ4v) is 4.72. The molecule has 3 N–H and O–H groups in total. The first-order valence-corrected chi connectivity index (χ1v) is 12.2. The number of para-hydroxylation sites is 1. The lowest BCUT2D eigenvalue weighted by molar-refractivity contribution is 0.385. The maximum Gasteiger partial charge on any atom is 0.160 e. The minimum absolute atomic E-state index is 0.517. The minimum Gasteiger partial charge on any atom is -0.340 e. The lowest BCUT2D eigenvalue weighted by Gasteiger charge is -2.24. The summed E-state index contributed by atoms with van der Waals surface area (Å²) in [5, 5.41) is 11.8. The third-order valence-electron chi connectivity index (χ3n) is 6.69. The highest BCUT2D eigenvalue weighted by Gasteiger charge is 2.28. The zero-order chi connectivity index (χ0) is 22.7. The van der Waals surface area contributed by atoms with Gasteiger partial charge < -0.3 is 16.0 Å². The summed E-state index contributed by atoms with van der Waals surface area (Å²) in [7, 11) is 0. The molecule has 0 unspecified atom stereocenters. The second kappa shape index (κ2) is 9.44. The Kier molecular flexibility index (Phi) is 5.87. The van der Waals surface area contributed by atoms with Crippen molar-refractivity contribution >= 4 is 22.4 Å². The Morgan fingerprint density at radius 3 is 2.62 bits per heavy atom. The highest BCUT2D eigenvalue weighted by atomic mass is 15.0. The van der Waals surface area contributed by atoms with E-state index >= 15 is 0 Å². The Morgan fingerprint density at radius 1 is 0.941 bits per heavy atom. The zero-order valence-electron chi connectivity index (χ0n) is 19.2. The van der Waals surface area contributed by atoms with Gasteiger partial charge in [-0.25, -0.2) is 15.0 Å². The summed E-state index contributed by atoms with van der Waals surface area (Å²) in [5.41, 5.74) is 5.22. The van der Waals surface area contributed by atoms with E-state index in [9.17, 15) is 0 Å². The molecule has 0 amide bonds. The quantitative estimate of drug-likeness (QED) is 0.380. The van der Waals surface area contributed by atoms with E-state index in [1.807, 2.05) is 54.9 Å². The molecular weight excluding hydrogens is 422 g/mol. The van der Waals surface area contributed by atoms with Gasteiger partial charge in [-0.1, -0.05) is 18.2 Å². The average molecular weight is 452 g/mol. The average Bonchev–Trinajstić information content (AvgIpc) is 3.74. The third-order valence-corrected chi connectivity index (χ3v) is 6.69. The van der Waals surface area contributed by atoms with Gasteiger partial charge in [0.15, 0.2) is 5.82 Å². The van der Waals surface area contributed by atoms with Crippen LogP contribution in [-0.4, -0.2) is 39.1 Å². The standard InChI is InChI=1S/C27H29N7/c1-2-4-21(5-3-1)32-25-14-19(8-13-30-25)27-33-23-16-29-15-22(18-6-7-18)26(23)24(34-27)17-31-20-9-11-28-12-10-20/h1-5,8,13-16,18,20,28,31H,6-7,9-12,17H2,(H,30,32). The summed E-state index contributed by atoms with van der Waals surface area (Å²) in [6, 6.07) is 14.6. The molecule has 2 aliphatic rings. The largest absolute Gasteiger partial charge is 0.340 e. The van der Waals surface area contributed by atoms with Crippen LogP contribution in [-0.2, 0) is 6.54 Å². The lowest BCUT2D eigenvalue weighted by atomic mass is 10.0. The van der Waals surface area contributed by atoms with E-state index in [1.54, 1.807) is 6.20 Å². The maximum atomic E-state index is 5.10. The van der Waals surface area contributed by atoms with Crippen LogP contribution in [0, 0.1) is 0 Å². The van der Waals surface area contributed by atoms with Gasteiger partial charge in [-0.2, -0.15) is 0 Å². The van der Waals surface area contributed by atoms with Crippen LogP contribution in [0.2, 0.25) is 0 Å². The summed E-state index contributed by atoms with van der Waals surface area (Å²) in [5.74, 6) is 2.07. The van der Waals surface area contributed by atoms with E-state index in [2.05, 4.69) is 25.9 Å². The van der Waals surface area contributed by atoms with Gasteiger partial charge >= 0.3 is 0 Å². The van der Waals surface area contributed by atoms with Crippen molar-refractivity contribution in [3.63, 3.8) is 0 Å². The number of piperidine rings is 1. The summed E-state index contributed by atoms with van der Waals surface area (Å²) in [4.78, 5) is 19.1. The fourth-order valence-electron chi connectivity index (χ4n) is 4.72. The van der Waals surface area contributed by atoms with Crippen molar-refractivity contribution in [1.82, 2.24) is 30.6 Å². The minimum atomic E-state index is 0.517. The molecule has 1 saturated carbocycles. The predicted octanol–water partition coefficient (Wildman–Crippen LogP) is 4.55. The number of nitrogens with zero attached hydrogens (tertiary/aromatic N) is 4. The normalized spacial score (nSPS) is 16.6. The molecule has 3 aromatic heterocycles. The number of aromatic nitrogens is 4. The van der Waals surface area contributed by atoms with E-state index < -0.39 is 0 Å². The molecule has 0 radical (unpaired) electrons. The molecule has 7 heteroatoms. The van der Waals surface area contributed by atoms with Crippen molar-refractivity contribution in [3.8, 4) is 11.4 Å². The Labute approximate surface area is 199 Å². The van der Waals surface area contributed by atoms with Crippen LogP contribution >= 0.6 is 0 Å². The van der Waals surface area contributed by atoms with Gasteiger partial charge in [0, 0.05) is 41.6 Å². The molecule has 0 bridgehead atoms. The molecular formula is C27H29N7. The number of pyridine rings is 2. The van der Waals surface area contributed by atoms with Crippen LogP contribution in [0.25, 0.3) is 22.3 Å². The first-order chi connectivity index (χ1) is 16.8. The van der Waals surface area contributed by atoms with Crippen molar-refractivity contribution < 1.29 is 0 Å². The fraction of sp³-hybridized carbons (Fsp3) is 0.333. The van der Waals surface area contributed by atoms with Crippen molar-refractivity contribution in [2.24, 2.45) is 0 Å². The molecule has 4 aromatic rings. The van der Waals surface area contributed by atoms with Gasteiger partial charge in [0.25, 0.3) is 0 Å². The zero-order valence-corrected chi connectivity index (χ0v) is 19.2. The van der Waals surface area contributed by atoms with Crippen molar-refractivity contribution in [3.05, 3.63) is 72.3 Å². The smallest absolute Gasteiger partial charge is 0.160 e. The van der Waals surface area contributed by atoms with E-state index in [1.165, 1.54) is 23.8 Å². The first-order valence-electron chi connectivity index (χ1n) is 12.2. The van der Waals surface area contributed by atoms with Gasteiger partial charge in [0.2, 0.25) is 0 Å². The van der Waals surface area contributed by atoms with Crippen molar-refractivity contribution in [1.29, 1.82) is 0 Å². The molecule has 0 spiro atoms. The van der Waals surface area contributed by atoms with E-state index in [0.29, 0.717) is 17.8 Å². The van der Waals surface area contributed by atoms with Gasteiger partial charge in [0.1, 0.15) is 5.82 Å². The summed E-state index contributed by atoms with van der Waals surface area (Å²) in [6.07, 6.45) is 10.4. The maximum absolute atomic E-state index is 5.10. The number of rotatable bonds is 7. The molecule has 172 valence electrons. The van der Waals surface area contributed by atoms with E-state index in [4.69, 9.17) is 9.97 Å². The van der Waals surface area contributed by atoms with Gasteiger partial charge in [-0.15, -0.1) is 0 Å². The SMILES string of the molecule is c1ccc(Nc2cc(-c3nc(CNC4CCNCC4)c4c(C5CC5)cncc4n3)ccn2)cc1. The molecule has 7 nitrogen and oxygen atoms in total. The van der Waals surface area contributed by atoms with Crippen LogP contribution in [0.1, 0.15) is 42.9 Å². The van der Waals surface area contributed by atoms with Crippen LogP contribution < -0.4 is 16.0 Å². The Hall–Kier alpha value is -3.42. The number of hydrogen-bond acceptors (Lipinski definition) is 7. The molecule has 1 aliphatic carbocycles. The second-order valence-corrected chi connectivity index (χ2v) is 9.22. The predicted molar refractivity (Wildman–Crippen MR) is 135 cm³/mol. The van der Waals surface area contributed by atoms with Gasteiger partial charge in [-0.3, -0.25) is 4.98 Å². The number of benzene rings is 1. The molecule has 1 saturated heterocycles. The molecule has 0 atom stereocenters. The number of nitrogens with one attached hydrogen (secondary N) is 3. The molecule has 6 rings (SSSR count). The Bertz CT molecular complexity index is 1280. The molecule has 1 aliphatic heterocycles. The first kappa shape index (κ1) is 21.1. The van der Waals surface area contributed by atoms with Crippen molar-refractivity contribution in [2.45, 2.75) is 44.2 Å². The van der Waals surface area contributed by atoms with Crippen LogP contribution in [0.5, 0.6) is 0 Å². The summed E-state index contributed by atoms with van der Waals surface area (Å²) >= 11 is 0. The Morgan fingerprint density at radius 2 is 1.79 bits per heavy atom. The number of anilines is 2. The highest BCUT2D eigenvalue weighted by Crippen LogP contribution is 2.43. The van der Waals surface area contributed by atoms with Crippen LogP contribution in [0.4, 0.5) is 11.5 Å². The third kappa shape index (κ3) is 4.62. The highest BCUT2D eigenvalue weighted by molar-refractivity contribution is 5.86. The van der Waals surface area contributed by atoms with Crippen molar-refractivity contribution in [2.75, 3.05) is 18.4 Å². The molecule has 34 heavy (non-hydrogen) atoms. The van der Waals surface area contributed by atoms with Crippen LogP contribution in [0.3, 0.4) is 0 Å². The summed E-state index contributed by atoms with van der Waals surface area (Å²) < 4.78 is 0. The molecule has 4 heterocycles.